The summed E-state index contributed by atoms with van der Waals surface area (Å²) in [7, 11) is 0. The van der Waals surface area contributed by atoms with Crippen molar-refractivity contribution in [2.45, 2.75) is 43.9 Å². The summed E-state index contributed by atoms with van der Waals surface area (Å²) in [6, 6.07) is 15.1. The molecule has 0 unspecified atom stereocenters. The van der Waals surface area contributed by atoms with E-state index in [1.165, 1.54) is 37.4 Å². The van der Waals surface area contributed by atoms with Gasteiger partial charge in [-0.2, -0.15) is 5.10 Å². The number of carbonyl (C=O) groups is 1. The van der Waals surface area contributed by atoms with Gasteiger partial charge in [0.25, 0.3) is 0 Å². The molecular formula is C22H27ClN2O2S. The molecule has 0 aliphatic heterocycles. The molecule has 0 spiro atoms. The number of halogens is 1. The van der Waals surface area contributed by atoms with Crippen LogP contribution in [0.3, 0.4) is 0 Å². The molecule has 6 heteroatoms. The molecule has 0 heterocycles. The van der Waals surface area contributed by atoms with Crippen LogP contribution in [0.15, 0.2) is 58.5 Å². The molecule has 0 saturated carbocycles. The van der Waals surface area contributed by atoms with E-state index in [0.29, 0.717) is 11.6 Å². The molecule has 2 aromatic carbocycles. The third kappa shape index (κ3) is 8.81. The molecule has 0 aliphatic rings. The van der Waals surface area contributed by atoms with Crippen molar-refractivity contribution in [2.24, 2.45) is 5.10 Å². The molecule has 0 atom stereocenters. The number of nitrogens with zero attached hydrogens (tertiary/aromatic N) is 1. The molecule has 1 N–H and O–H groups in total. The third-order valence-electron chi connectivity index (χ3n) is 4.00. The van der Waals surface area contributed by atoms with Gasteiger partial charge in [0, 0.05) is 15.5 Å². The zero-order valence-electron chi connectivity index (χ0n) is 16.2. The van der Waals surface area contributed by atoms with Gasteiger partial charge in [-0.3, -0.25) is 4.79 Å². The van der Waals surface area contributed by atoms with E-state index in [2.05, 4.69) is 17.5 Å². The first-order valence-electron chi connectivity index (χ1n) is 9.61. The minimum Gasteiger partial charge on any atom is -0.493 e. The molecule has 2 rings (SSSR count). The summed E-state index contributed by atoms with van der Waals surface area (Å²) in [5, 5.41) is 4.74. The van der Waals surface area contributed by atoms with E-state index < -0.39 is 0 Å². The predicted molar refractivity (Wildman–Crippen MR) is 119 cm³/mol. The predicted octanol–water partition coefficient (Wildman–Crippen LogP) is 5.93. The number of hydrazone groups is 1. The van der Waals surface area contributed by atoms with Crippen LogP contribution in [0.5, 0.6) is 5.75 Å². The van der Waals surface area contributed by atoms with E-state index in [1.54, 1.807) is 18.3 Å². The highest BCUT2D eigenvalue weighted by atomic mass is 35.5. The summed E-state index contributed by atoms with van der Waals surface area (Å²) < 4.78 is 5.87. The number of amides is 1. The van der Waals surface area contributed by atoms with Crippen molar-refractivity contribution >= 4 is 35.5 Å². The van der Waals surface area contributed by atoms with Gasteiger partial charge in [0.2, 0.25) is 5.91 Å². The Balaban J connectivity index is 1.75. The molecule has 2 aromatic rings. The minimum atomic E-state index is -0.162. The maximum atomic E-state index is 12.0. The number of thioether (sulfide) groups is 1. The SMILES string of the molecule is CCCCCCCOc1ccccc1C=NNC(=O)CSc1ccc(Cl)cc1. The highest BCUT2D eigenvalue weighted by Gasteiger charge is 2.03. The van der Waals surface area contributed by atoms with E-state index in [0.717, 1.165) is 22.6 Å². The lowest BCUT2D eigenvalue weighted by molar-refractivity contribution is -0.118. The third-order valence-corrected chi connectivity index (χ3v) is 5.26. The Labute approximate surface area is 176 Å². The maximum absolute atomic E-state index is 12.0. The van der Waals surface area contributed by atoms with Crippen LogP contribution in [0.1, 0.15) is 44.6 Å². The Kier molecular flexibility index (Phi) is 10.5. The Morgan fingerprint density at radius 3 is 2.64 bits per heavy atom. The van der Waals surface area contributed by atoms with E-state index in [-0.39, 0.29) is 11.7 Å². The molecule has 0 bridgehead atoms. The Morgan fingerprint density at radius 1 is 1.11 bits per heavy atom. The molecule has 28 heavy (non-hydrogen) atoms. The topological polar surface area (TPSA) is 50.7 Å². The number of hydrogen-bond donors (Lipinski definition) is 1. The number of benzene rings is 2. The van der Waals surface area contributed by atoms with Gasteiger partial charge in [0.05, 0.1) is 18.6 Å². The van der Waals surface area contributed by atoms with Crippen LogP contribution < -0.4 is 10.2 Å². The number of carbonyl (C=O) groups excluding carboxylic acids is 1. The van der Waals surface area contributed by atoms with E-state index >= 15 is 0 Å². The van der Waals surface area contributed by atoms with Crippen molar-refractivity contribution in [1.82, 2.24) is 5.43 Å². The second kappa shape index (κ2) is 13.2. The molecule has 1 amide bonds. The fraction of sp³-hybridized carbons (Fsp3) is 0.364. The van der Waals surface area contributed by atoms with Crippen molar-refractivity contribution in [2.75, 3.05) is 12.4 Å². The summed E-state index contributed by atoms with van der Waals surface area (Å²) in [4.78, 5) is 12.9. The van der Waals surface area contributed by atoms with Crippen LogP contribution in [0.2, 0.25) is 5.02 Å². The summed E-state index contributed by atoms with van der Waals surface area (Å²) in [6.07, 6.45) is 7.62. The van der Waals surface area contributed by atoms with Gasteiger partial charge >= 0.3 is 0 Å². The van der Waals surface area contributed by atoms with Crippen LogP contribution >= 0.6 is 23.4 Å². The standard InChI is InChI=1S/C22H27ClN2O2S/c1-2-3-4-5-8-15-27-21-10-7-6-9-18(21)16-24-25-22(26)17-28-20-13-11-19(23)12-14-20/h6-7,9-14,16H,2-5,8,15,17H2,1H3,(H,25,26). The van der Waals surface area contributed by atoms with Crippen LogP contribution in [0.4, 0.5) is 0 Å². The molecule has 150 valence electrons. The van der Waals surface area contributed by atoms with Crippen molar-refractivity contribution < 1.29 is 9.53 Å². The number of nitrogens with one attached hydrogen (secondary N) is 1. The number of ether oxygens (including phenoxy) is 1. The molecule has 0 aromatic heterocycles. The molecular weight excluding hydrogens is 392 g/mol. The average Bonchev–Trinajstić information content (AvgIpc) is 2.71. The van der Waals surface area contributed by atoms with Crippen molar-refractivity contribution in [3.63, 3.8) is 0 Å². The van der Waals surface area contributed by atoms with E-state index in [4.69, 9.17) is 16.3 Å². The summed E-state index contributed by atoms with van der Waals surface area (Å²) in [5.74, 6) is 0.909. The summed E-state index contributed by atoms with van der Waals surface area (Å²) >= 11 is 7.29. The first kappa shape index (κ1) is 22.3. The largest absolute Gasteiger partial charge is 0.493 e. The fourth-order valence-electron chi connectivity index (χ4n) is 2.49. The van der Waals surface area contributed by atoms with Crippen LogP contribution in [-0.2, 0) is 4.79 Å². The fourth-order valence-corrected chi connectivity index (χ4v) is 3.31. The zero-order valence-corrected chi connectivity index (χ0v) is 17.8. The van der Waals surface area contributed by atoms with Gasteiger partial charge in [-0.05, 0) is 42.8 Å². The second-order valence-corrected chi connectivity index (χ2v) is 7.82. The van der Waals surface area contributed by atoms with Crippen LogP contribution in [0.25, 0.3) is 0 Å². The highest BCUT2D eigenvalue weighted by Crippen LogP contribution is 2.20. The number of unbranched alkanes of at least 4 members (excludes halogenated alkanes) is 4. The maximum Gasteiger partial charge on any atom is 0.250 e. The monoisotopic (exact) mass is 418 g/mol. The molecule has 0 fully saturated rings. The quantitative estimate of drug-likeness (QED) is 0.201. The highest BCUT2D eigenvalue weighted by molar-refractivity contribution is 8.00. The van der Waals surface area contributed by atoms with Gasteiger partial charge in [-0.1, -0.05) is 56.3 Å². The summed E-state index contributed by atoms with van der Waals surface area (Å²) in [5.41, 5.74) is 3.41. The second-order valence-electron chi connectivity index (χ2n) is 6.34. The van der Waals surface area contributed by atoms with Crippen molar-refractivity contribution in [3.8, 4) is 5.75 Å². The number of rotatable bonds is 12. The van der Waals surface area contributed by atoms with Crippen molar-refractivity contribution in [3.05, 3.63) is 59.1 Å². The lowest BCUT2D eigenvalue weighted by Crippen LogP contribution is -2.19. The lowest BCUT2D eigenvalue weighted by atomic mass is 10.2. The smallest absolute Gasteiger partial charge is 0.250 e. The van der Waals surface area contributed by atoms with Gasteiger partial charge in [0.15, 0.2) is 0 Å². The Bertz CT molecular complexity index is 750. The number of para-hydroxylation sites is 1. The zero-order chi connectivity index (χ0) is 20.0. The van der Waals surface area contributed by atoms with Gasteiger partial charge in [-0.15, -0.1) is 11.8 Å². The van der Waals surface area contributed by atoms with E-state index in [1.807, 2.05) is 36.4 Å². The lowest BCUT2D eigenvalue weighted by Gasteiger charge is -2.08. The van der Waals surface area contributed by atoms with Gasteiger partial charge in [-0.25, -0.2) is 5.43 Å². The molecule has 0 saturated heterocycles. The normalized spacial score (nSPS) is 10.9. The van der Waals surface area contributed by atoms with Gasteiger partial charge in [0.1, 0.15) is 5.75 Å². The van der Waals surface area contributed by atoms with Gasteiger partial charge < -0.3 is 4.74 Å². The van der Waals surface area contributed by atoms with Crippen LogP contribution in [0, 0.1) is 0 Å². The first-order chi connectivity index (χ1) is 13.7. The van der Waals surface area contributed by atoms with E-state index in [9.17, 15) is 4.79 Å². The minimum absolute atomic E-state index is 0.162. The summed E-state index contributed by atoms with van der Waals surface area (Å²) in [6.45, 7) is 2.90. The first-order valence-corrected chi connectivity index (χ1v) is 11.0. The number of hydrogen-bond acceptors (Lipinski definition) is 4. The van der Waals surface area contributed by atoms with Crippen molar-refractivity contribution in [1.29, 1.82) is 0 Å². The Hall–Kier alpha value is -1.98. The average molecular weight is 419 g/mol. The Morgan fingerprint density at radius 2 is 1.86 bits per heavy atom. The molecule has 0 aliphatic carbocycles. The van der Waals surface area contributed by atoms with Crippen LogP contribution in [-0.4, -0.2) is 24.5 Å². The molecule has 4 nitrogen and oxygen atoms in total. The molecule has 0 radical (unpaired) electrons.